The third-order valence-electron chi connectivity index (χ3n) is 4.58. The molecule has 0 amide bonds. The average molecular weight is 288 g/mol. The van der Waals surface area contributed by atoms with E-state index in [-0.39, 0.29) is 5.54 Å². The summed E-state index contributed by atoms with van der Waals surface area (Å²) in [5, 5.41) is 0. The Morgan fingerprint density at radius 2 is 1.62 bits per heavy atom. The molecule has 0 aliphatic carbocycles. The van der Waals surface area contributed by atoms with Crippen LogP contribution in [-0.2, 0) is 6.42 Å². The van der Waals surface area contributed by atoms with Gasteiger partial charge in [-0.2, -0.15) is 0 Å². The normalized spacial score (nSPS) is 19.0. The van der Waals surface area contributed by atoms with Gasteiger partial charge in [0, 0.05) is 11.1 Å². The second-order valence-electron chi connectivity index (χ2n) is 8.30. The van der Waals surface area contributed by atoms with Crippen LogP contribution in [0.1, 0.15) is 64.5 Å². The zero-order valence-electron chi connectivity index (χ0n) is 14.4. The lowest BCUT2D eigenvalue weighted by molar-refractivity contribution is 0.102. The van der Waals surface area contributed by atoms with E-state index in [9.17, 15) is 0 Å². The standard InChI is InChI=1S/C19H32N2/c1-18(2,3)21-12-10-15(11-13-21)17-9-7-6-8-16(17)14-19(4,5)20/h6-9,15H,10-14,20H2,1-5H3. The van der Waals surface area contributed by atoms with Crippen LogP contribution in [0.4, 0.5) is 0 Å². The Kier molecular flexibility index (Phi) is 4.79. The largest absolute Gasteiger partial charge is 0.325 e. The molecule has 1 aromatic rings. The minimum Gasteiger partial charge on any atom is -0.325 e. The van der Waals surface area contributed by atoms with Gasteiger partial charge in [-0.25, -0.2) is 0 Å². The molecule has 118 valence electrons. The molecule has 1 aromatic carbocycles. The van der Waals surface area contributed by atoms with E-state index in [2.05, 4.69) is 63.8 Å². The zero-order chi connectivity index (χ0) is 15.7. The highest BCUT2D eigenvalue weighted by Crippen LogP contribution is 2.33. The Morgan fingerprint density at radius 1 is 1.05 bits per heavy atom. The van der Waals surface area contributed by atoms with E-state index < -0.39 is 0 Å². The van der Waals surface area contributed by atoms with Gasteiger partial charge in [0.25, 0.3) is 0 Å². The van der Waals surface area contributed by atoms with Crippen LogP contribution in [0.3, 0.4) is 0 Å². The summed E-state index contributed by atoms with van der Waals surface area (Å²) in [4.78, 5) is 2.61. The molecular weight excluding hydrogens is 256 g/mol. The third kappa shape index (κ3) is 4.55. The van der Waals surface area contributed by atoms with Gasteiger partial charge < -0.3 is 5.73 Å². The maximum absolute atomic E-state index is 6.24. The minimum absolute atomic E-state index is 0.137. The Morgan fingerprint density at radius 3 is 2.14 bits per heavy atom. The van der Waals surface area contributed by atoms with Crippen LogP contribution in [0.25, 0.3) is 0 Å². The zero-order valence-corrected chi connectivity index (χ0v) is 14.4. The molecule has 1 aliphatic heterocycles. The highest BCUT2D eigenvalue weighted by atomic mass is 15.2. The van der Waals surface area contributed by atoms with Gasteiger partial charge in [0.1, 0.15) is 0 Å². The summed E-state index contributed by atoms with van der Waals surface area (Å²) in [6, 6.07) is 8.91. The molecule has 0 radical (unpaired) electrons. The van der Waals surface area contributed by atoms with Crippen LogP contribution in [-0.4, -0.2) is 29.1 Å². The van der Waals surface area contributed by atoms with Crippen LogP contribution in [0.2, 0.25) is 0 Å². The predicted molar refractivity (Wildman–Crippen MR) is 91.7 cm³/mol. The molecule has 0 saturated carbocycles. The molecule has 0 bridgehead atoms. The van der Waals surface area contributed by atoms with Crippen LogP contribution < -0.4 is 5.73 Å². The second-order valence-corrected chi connectivity index (χ2v) is 8.30. The monoisotopic (exact) mass is 288 g/mol. The van der Waals surface area contributed by atoms with Gasteiger partial charge in [-0.15, -0.1) is 0 Å². The number of hydrogen-bond donors (Lipinski definition) is 1. The highest BCUT2D eigenvalue weighted by molar-refractivity contribution is 5.32. The topological polar surface area (TPSA) is 29.3 Å². The van der Waals surface area contributed by atoms with Gasteiger partial charge in [-0.3, -0.25) is 4.90 Å². The number of hydrogen-bond acceptors (Lipinski definition) is 2. The van der Waals surface area contributed by atoms with Crippen molar-refractivity contribution in [2.24, 2.45) is 5.73 Å². The van der Waals surface area contributed by atoms with Crippen molar-refractivity contribution in [2.75, 3.05) is 13.1 Å². The molecule has 1 saturated heterocycles. The third-order valence-corrected chi connectivity index (χ3v) is 4.58. The number of nitrogens with two attached hydrogens (primary N) is 1. The number of likely N-dealkylation sites (tertiary alicyclic amines) is 1. The highest BCUT2D eigenvalue weighted by Gasteiger charge is 2.28. The minimum atomic E-state index is -0.137. The van der Waals surface area contributed by atoms with Gasteiger partial charge >= 0.3 is 0 Å². The number of piperidine rings is 1. The molecule has 0 spiro atoms. The summed E-state index contributed by atoms with van der Waals surface area (Å²) in [5.41, 5.74) is 9.37. The van der Waals surface area contributed by atoms with Crippen LogP contribution in [0.5, 0.6) is 0 Å². The Hall–Kier alpha value is -0.860. The molecule has 1 aliphatic rings. The van der Waals surface area contributed by atoms with Crippen molar-refractivity contribution in [1.82, 2.24) is 4.90 Å². The van der Waals surface area contributed by atoms with Crippen molar-refractivity contribution in [3.63, 3.8) is 0 Å². The van der Waals surface area contributed by atoms with Gasteiger partial charge in [-0.05, 0) is 84.0 Å². The van der Waals surface area contributed by atoms with Crippen molar-refractivity contribution >= 4 is 0 Å². The van der Waals surface area contributed by atoms with E-state index >= 15 is 0 Å². The first kappa shape index (κ1) is 16.5. The average Bonchev–Trinajstić information content (AvgIpc) is 2.37. The number of benzene rings is 1. The van der Waals surface area contributed by atoms with Crippen molar-refractivity contribution < 1.29 is 0 Å². The fourth-order valence-corrected chi connectivity index (χ4v) is 3.45. The lowest BCUT2D eigenvalue weighted by Crippen LogP contribution is -2.45. The van der Waals surface area contributed by atoms with E-state index in [1.165, 1.54) is 37.1 Å². The van der Waals surface area contributed by atoms with Gasteiger partial charge in [0.2, 0.25) is 0 Å². The first-order chi connectivity index (χ1) is 9.67. The van der Waals surface area contributed by atoms with Gasteiger partial charge in [-0.1, -0.05) is 24.3 Å². The molecule has 0 unspecified atom stereocenters. The maximum Gasteiger partial charge on any atom is 0.0138 e. The lowest BCUT2D eigenvalue weighted by atomic mass is 9.82. The first-order valence-electron chi connectivity index (χ1n) is 8.28. The van der Waals surface area contributed by atoms with E-state index in [4.69, 9.17) is 5.73 Å². The smallest absolute Gasteiger partial charge is 0.0138 e. The fourth-order valence-electron chi connectivity index (χ4n) is 3.45. The summed E-state index contributed by atoms with van der Waals surface area (Å²) in [6.45, 7) is 13.6. The molecule has 1 fully saturated rings. The van der Waals surface area contributed by atoms with Gasteiger partial charge in [0.05, 0.1) is 0 Å². The van der Waals surface area contributed by atoms with E-state index in [0.29, 0.717) is 11.5 Å². The van der Waals surface area contributed by atoms with Crippen LogP contribution in [0, 0.1) is 0 Å². The SMILES string of the molecule is CC(C)(N)Cc1ccccc1C1CCN(C(C)(C)C)CC1. The molecule has 2 heteroatoms. The summed E-state index contributed by atoms with van der Waals surface area (Å²) in [7, 11) is 0. The van der Waals surface area contributed by atoms with E-state index in [1.54, 1.807) is 0 Å². The summed E-state index contributed by atoms with van der Waals surface area (Å²) >= 11 is 0. The summed E-state index contributed by atoms with van der Waals surface area (Å²) in [5.74, 6) is 0.696. The Labute approximate surface area is 130 Å². The summed E-state index contributed by atoms with van der Waals surface area (Å²) in [6.07, 6.45) is 3.49. The van der Waals surface area contributed by atoms with Crippen molar-refractivity contribution in [1.29, 1.82) is 0 Å². The van der Waals surface area contributed by atoms with E-state index in [1.807, 2.05) is 0 Å². The molecule has 2 nitrogen and oxygen atoms in total. The molecule has 0 atom stereocenters. The number of nitrogens with zero attached hydrogens (tertiary/aromatic N) is 1. The lowest BCUT2D eigenvalue weighted by Gasteiger charge is -2.41. The maximum atomic E-state index is 6.24. The van der Waals surface area contributed by atoms with E-state index in [0.717, 1.165) is 6.42 Å². The second kappa shape index (κ2) is 6.10. The van der Waals surface area contributed by atoms with Gasteiger partial charge in [0.15, 0.2) is 0 Å². The molecular formula is C19H32N2. The molecule has 2 rings (SSSR count). The number of rotatable bonds is 3. The molecule has 0 aromatic heterocycles. The fraction of sp³-hybridized carbons (Fsp3) is 0.684. The Balaban J connectivity index is 2.10. The van der Waals surface area contributed by atoms with Crippen molar-refractivity contribution in [3.05, 3.63) is 35.4 Å². The van der Waals surface area contributed by atoms with Crippen LogP contribution >= 0.6 is 0 Å². The molecule has 2 N–H and O–H groups in total. The first-order valence-corrected chi connectivity index (χ1v) is 8.28. The summed E-state index contributed by atoms with van der Waals surface area (Å²) < 4.78 is 0. The van der Waals surface area contributed by atoms with Crippen LogP contribution in [0.15, 0.2) is 24.3 Å². The quantitative estimate of drug-likeness (QED) is 0.912. The van der Waals surface area contributed by atoms with Crippen molar-refractivity contribution in [3.8, 4) is 0 Å². The molecule has 21 heavy (non-hydrogen) atoms. The predicted octanol–water partition coefficient (Wildman–Crippen LogP) is 3.94. The van der Waals surface area contributed by atoms with Crippen molar-refractivity contribution in [2.45, 2.75) is 70.9 Å². The molecule has 1 heterocycles. The Bertz CT molecular complexity index is 457.